The first-order valence-electron chi connectivity index (χ1n) is 6.41. The zero-order valence-electron chi connectivity index (χ0n) is 11.0. The van der Waals surface area contributed by atoms with Gasteiger partial charge >= 0.3 is 0 Å². The molecule has 0 saturated carbocycles. The molecule has 2 aliphatic heterocycles. The molecule has 3 nitrogen and oxygen atoms in total. The van der Waals surface area contributed by atoms with E-state index in [4.69, 9.17) is 16.3 Å². The summed E-state index contributed by atoms with van der Waals surface area (Å²) in [6.45, 7) is 6.86. The van der Waals surface area contributed by atoms with E-state index in [1.165, 1.54) is 5.57 Å². The zero-order chi connectivity index (χ0) is 13.2. The number of halogens is 1. The number of rotatable bonds is 3. The molecule has 0 amide bonds. The summed E-state index contributed by atoms with van der Waals surface area (Å²) in [5.41, 5.74) is 2.97. The highest BCUT2D eigenvalue weighted by atomic mass is 35.5. The molecule has 2 aliphatic rings. The summed E-state index contributed by atoms with van der Waals surface area (Å²) in [4.78, 5) is 11.0. The van der Waals surface area contributed by atoms with E-state index in [0.717, 1.165) is 50.2 Å². The van der Waals surface area contributed by atoms with Gasteiger partial charge in [0.15, 0.2) is 0 Å². The number of ether oxygens (including phenoxy) is 1. The van der Waals surface area contributed by atoms with E-state index in [2.05, 4.69) is 12.2 Å². The van der Waals surface area contributed by atoms with Gasteiger partial charge in [-0.25, -0.2) is 0 Å². The summed E-state index contributed by atoms with van der Waals surface area (Å²) >= 11 is 5.79. The number of nitrogens with one attached hydrogen (secondary N) is 1. The van der Waals surface area contributed by atoms with Crippen molar-refractivity contribution in [3.05, 3.63) is 22.5 Å². The molecular weight excluding hydrogens is 250 g/mol. The highest BCUT2D eigenvalue weighted by Gasteiger charge is 2.41. The van der Waals surface area contributed by atoms with Gasteiger partial charge in [0.1, 0.15) is 12.0 Å². The van der Waals surface area contributed by atoms with Gasteiger partial charge in [0, 0.05) is 11.0 Å². The van der Waals surface area contributed by atoms with Crippen molar-refractivity contribution in [2.24, 2.45) is 5.41 Å². The molecule has 2 heterocycles. The van der Waals surface area contributed by atoms with Crippen LogP contribution in [0.5, 0.6) is 0 Å². The molecule has 1 N–H and O–H groups in total. The van der Waals surface area contributed by atoms with Gasteiger partial charge < -0.3 is 10.1 Å². The average Bonchev–Trinajstić information content (AvgIpc) is 2.70. The van der Waals surface area contributed by atoms with Gasteiger partial charge in [-0.05, 0) is 50.9 Å². The molecule has 0 aromatic rings. The fourth-order valence-electron chi connectivity index (χ4n) is 2.85. The maximum Gasteiger partial charge on any atom is 0.147 e. The Labute approximate surface area is 113 Å². The third-order valence-corrected chi connectivity index (χ3v) is 4.59. The first-order chi connectivity index (χ1) is 8.64. The number of hydrogen-bond acceptors (Lipinski definition) is 3. The fourth-order valence-corrected chi connectivity index (χ4v) is 3.11. The van der Waals surface area contributed by atoms with Gasteiger partial charge in [0.25, 0.3) is 0 Å². The Morgan fingerprint density at radius 1 is 1.50 bits per heavy atom. The van der Waals surface area contributed by atoms with E-state index >= 15 is 0 Å². The predicted octanol–water partition coefficient (Wildman–Crippen LogP) is 2.41. The average molecular weight is 270 g/mol. The van der Waals surface area contributed by atoms with Gasteiger partial charge in [-0.1, -0.05) is 0 Å². The van der Waals surface area contributed by atoms with Crippen molar-refractivity contribution < 1.29 is 9.53 Å². The lowest BCUT2D eigenvalue weighted by atomic mass is 9.74. The second kappa shape index (κ2) is 5.45. The number of hydrogen-bond donors (Lipinski definition) is 1. The molecule has 0 aromatic carbocycles. The molecule has 0 aliphatic carbocycles. The van der Waals surface area contributed by atoms with Crippen LogP contribution in [0.2, 0.25) is 0 Å². The van der Waals surface area contributed by atoms with E-state index in [0.29, 0.717) is 5.57 Å². The quantitative estimate of drug-likeness (QED) is 0.486. The molecule has 1 spiro atoms. The number of aldehydes is 1. The van der Waals surface area contributed by atoms with Crippen LogP contribution < -0.4 is 5.32 Å². The standard InChI is InChI=1S/C14H20ClNO2/c1-10(12(7-15)8-17)13-11(2)14(9-18-13)3-5-16-6-4-14/h8,16H,3-7,9H2,1-2H3/b12-10+. The molecular formula is C14H20ClNO2. The van der Waals surface area contributed by atoms with Gasteiger partial charge in [-0.2, -0.15) is 0 Å². The van der Waals surface area contributed by atoms with Crippen LogP contribution >= 0.6 is 11.6 Å². The number of carbonyl (C=O) groups excluding carboxylic acids is 1. The first kappa shape index (κ1) is 13.6. The molecule has 0 radical (unpaired) electrons. The van der Waals surface area contributed by atoms with Crippen LogP contribution in [0.15, 0.2) is 22.5 Å². The van der Waals surface area contributed by atoms with Crippen LogP contribution in [0.1, 0.15) is 26.7 Å². The number of piperidine rings is 1. The van der Waals surface area contributed by atoms with E-state index in [-0.39, 0.29) is 11.3 Å². The van der Waals surface area contributed by atoms with Gasteiger partial charge in [-0.3, -0.25) is 4.79 Å². The van der Waals surface area contributed by atoms with Crippen LogP contribution in [-0.2, 0) is 9.53 Å². The molecule has 0 atom stereocenters. The lowest BCUT2D eigenvalue weighted by Gasteiger charge is -2.33. The first-order valence-corrected chi connectivity index (χ1v) is 6.94. The summed E-state index contributed by atoms with van der Waals surface area (Å²) in [7, 11) is 0. The number of allylic oxidation sites excluding steroid dienone is 2. The highest BCUT2D eigenvalue weighted by molar-refractivity contribution is 6.21. The van der Waals surface area contributed by atoms with Crippen LogP contribution in [-0.4, -0.2) is 31.9 Å². The van der Waals surface area contributed by atoms with Crippen molar-refractivity contribution in [2.75, 3.05) is 25.6 Å². The van der Waals surface area contributed by atoms with Crippen molar-refractivity contribution in [3.8, 4) is 0 Å². The van der Waals surface area contributed by atoms with E-state index in [1.54, 1.807) is 0 Å². The fraction of sp³-hybridized carbons (Fsp3) is 0.643. The second-order valence-electron chi connectivity index (χ2n) is 5.17. The van der Waals surface area contributed by atoms with Crippen LogP contribution in [0.4, 0.5) is 0 Å². The minimum Gasteiger partial charge on any atom is -0.492 e. The molecule has 100 valence electrons. The third kappa shape index (κ3) is 2.21. The lowest BCUT2D eigenvalue weighted by Crippen LogP contribution is -2.38. The van der Waals surface area contributed by atoms with Crippen molar-refractivity contribution in [2.45, 2.75) is 26.7 Å². The predicted molar refractivity (Wildman–Crippen MR) is 72.7 cm³/mol. The van der Waals surface area contributed by atoms with Crippen LogP contribution in [0.3, 0.4) is 0 Å². The molecule has 1 fully saturated rings. The summed E-state index contributed by atoms with van der Waals surface area (Å²) in [5, 5.41) is 3.38. The summed E-state index contributed by atoms with van der Waals surface area (Å²) < 4.78 is 5.88. The molecule has 4 heteroatoms. The zero-order valence-corrected chi connectivity index (χ0v) is 11.8. The van der Waals surface area contributed by atoms with Crippen LogP contribution in [0, 0.1) is 5.41 Å². The maximum atomic E-state index is 11.0. The van der Waals surface area contributed by atoms with Crippen molar-refractivity contribution in [3.63, 3.8) is 0 Å². The number of alkyl halides is 1. The summed E-state index contributed by atoms with van der Waals surface area (Å²) in [6, 6.07) is 0. The Morgan fingerprint density at radius 2 is 2.17 bits per heavy atom. The van der Waals surface area contributed by atoms with E-state index < -0.39 is 0 Å². The molecule has 0 unspecified atom stereocenters. The lowest BCUT2D eigenvalue weighted by molar-refractivity contribution is -0.104. The SMILES string of the molecule is CC1=C(/C(C)=C(/C=O)CCl)OCC12CCNCC2. The highest BCUT2D eigenvalue weighted by Crippen LogP contribution is 2.45. The molecule has 18 heavy (non-hydrogen) atoms. The Morgan fingerprint density at radius 3 is 2.72 bits per heavy atom. The summed E-state index contributed by atoms with van der Waals surface area (Å²) in [5.74, 6) is 1.13. The minimum atomic E-state index is 0.169. The van der Waals surface area contributed by atoms with Gasteiger partial charge in [-0.15, -0.1) is 11.6 Å². The van der Waals surface area contributed by atoms with Gasteiger partial charge in [0.05, 0.1) is 12.5 Å². The van der Waals surface area contributed by atoms with Crippen molar-refractivity contribution in [1.29, 1.82) is 0 Å². The smallest absolute Gasteiger partial charge is 0.147 e. The van der Waals surface area contributed by atoms with E-state index in [9.17, 15) is 4.79 Å². The van der Waals surface area contributed by atoms with Crippen molar-refractivity contribution in [1.82, 2.24) is 5.32 Å². The Balaban J connectivity index is 2.34. The molecule has 1 saturated heterocycles. The second-order valence-corrected chi connectivity index (χ2v) is 5.44. The van der Waals surface area contributed by atoms with Crippen molar-refractivity contribution >= 4 is 17.9 Å². The Bertz CT molecular complexity index is 406. The normalized spacial score (nSPS) is 23.9. The molecule has 2 rings (SSSR count). The molecule has 0 bridgehead atoms. The Hall–Kier alpha value is -0.800. The topological polar surface area (TPSA) is 38.3 Å². The van der Waals surface area contributed by atoms with Crippen LogP contribution in [0.25, 0.3) is 0 Å². The van der Waals surface area contributed by atoms with E-state index in [1.807, 2.05) is 6.92 Å². The molecule has 0 aromatic heterocycles. The van der Waals surface area contributed by atoms with Gasteiger partial charge in [0.2, 0.25) is 0 Å². The summed E-state index contributed by atoms with van der Waals surface area (Å²) in [6.07, 6.45) is 3.04. The third-order valence-electron chi connectivity index (χ3n) is 4.30. The largest absolute Gasteiger partial charge is 0.492 e. The maximum absolute atomic E-state index is 11.0. The minimum absolute atomic E-state index is 0.169. The monoisotopic (exact) mass is 269 g/mol. The Kier molecular flexibility index (Phi) is 4.13. The number of carbonyl (C=O) groups is 1.